The molecule has 2 aromatic heterocycles. The van der Waals surface area contributed by atoms with Gasteiger partial charge in [-0.25, -0.2) is 14.2 Å². The summed E-state index contributed by atoms with van der Waals surface area (Å²) in [5.41, 5.74) is 2.46. The van der Waals surface area contributed by atoms with E-state index in [1.165, 1.54) is 19.2 Å². The fraction of sp³-hybridized carbons (Fsp3) is 0.263. The Balaban J connectivity index is 2.25. The molecule has 130 valence electrons. The zero-order chi connectivity index (χ0) is 18.1. The molecule has 0 aliphatic rings. The Morgan fingerprint density at radius 2 is 2.12 bits per heavy atom. The van der Waals surface area contributed by atoms with E-state index in [-0.39, 0.29) is 16.8 Å². The summed E-state index contributed by atoms with van der Waals surface area (Å²) in [5.74, 6) is -0.958. The van der Waals surface area contributed by atoms with Crippen molar-refractivity contribution in [3.63, 3.8) is 0 Å². The monoisotopic (exact) mass is 360 g/mol. The maximum atomic E-state index is 13.9. The van der Waals surface area contributed by atoms with Crippen LogP contribution >= 0.6 is 11.6 Å². The van der Waals surface area contributed by atoms with Gasteiger partial charge in [0.2, 0.25) is 0 Å². The Kier molecular flexibility index (Phi) is 4.77. The number of pyridine rings is 1. The Bertz CT molecular complexity index is 952. The number of halogens is 2. The number of carbonyl (C=O) groups is 1. The molecule has 3 aromatic rings. The number of rotatable bonds is 4. The van der Waals surface area contributed by atoms with Crippen LogP contribution in [0, 0.1) is 5.82 Å². The van der Waals surface area contributed by atoms with Gasteiger partial charge in [0.15, 0.2) is 5.69 Å². The molecule has 0 bridgehead atoms. The van der Waals surface area contributed by atoms with Crippen LogP contribution in [0.5, 0.6) is 0 Å². The molecule has 1 aromatic carbocycles. The second-order valence-corrected chi connectivity index (χ2v) is 6.30. The normalized spacial score (nSPS) is 12.4. The van der Waals surface area contributed by atoms with Crippen molar-refractivity contribution in [3.8, 4) is 11.1 Å². The second-order valence-electron chi connectivity index (χ2n) is 5.90. The number of esters is 1. The molecule has 0 spiro atoms. The maximum Gasteiger partial charge on any atom is 0.356 e. The molecule has 0 saturated heterocycles. The van der Waals surface area contributed by atoms with E-state index >= 15 is 0 Å². The van der Waals surface area contributed by atoms with Crippen molar-refractivity contribution in [2.75, 3.05) is 7.11 Å². The quantitative estimate of drug-likeness (QED) is 0.596. The minimum atomic E-state index is -0.488. The molecule has 0 N–H and O–H groups in total. The molecule has 1 atom stereocenters. The summed E-state index contributed by atoms with van der Waals surface area (Å²) in [7, 11) is 1.32. The summed E-state index contributed by atoms with van der Waals surface area (Å²) >= 11 is 5.79. The lowest BCUT2D eigenvalue weighted by Crippen LogP contribution is -2.07. The number of benzene rings is 1. The van der Waals surface area contributed by atoms with Crippen LogP contribution in [0.1, 0.15) is 36.8 Å². The average molecular weight is 361 g/mol. The summed E-state index contributed by atoms with van der Waals surface area (Å²) in [6.07, 6.45) is 2.83. The lowest BCUT2D eigenvalue weighted by Gasteiger charge is -2.12. The molecule has 0 fully saturated rings. The molecule has 0 radical (unpaired) electrons. The van der Waals surface area contributed by atoms with Gasteiger partial charge in [0, 0.05) is 23.2 Å². The third-order valence-corrected chi connectivity index (χ3v) is 4.68. The number of methoxy groups -OCH3 is 1. The minimum absolute atomic E-state index is 0.0838. The van der Waals surface area contributed by atoms with Gasteiger partial charge in [-0.3, -0.25) is 0 Å². The average Bonchev–Trinajstić information content (AvgIpc) is 3.01. The highest BCUT2D eigenvalue weighted by atomic mass is 35.5. The standard InChI is InChI=1S/C19H18ClFN2O2/c1-4-11(2)23-10-14(12-5-7-15(20)16(21)9-12)13-6-8-17(19(24)25-3)22-18(13)23/h5-11H,4H2,1-3H3/t11-/m1/s1. The summed E-state index contributed by atoms with van der Waals surface area (Å²) in [6.45, 7) is 4.14. The Hall–Kier alpha value is -2.40. The maximum absolute atomic E-state index is 13.9. The molecule has 0 aliphatic heterocycles. The van der Waals surface area contributed by atoms with Crippen molar-refractivity contribution in [3.05, 3.63) is 53.1 Å². The molecular formula is C19H18ClFN2O2. The molecule has 0 saturated carbocycles. The predicted molar refractivity (Wildman–Crippen MR) is 96.5 cm³/mol. The van der Waals surface area contributed by atoms with Gasteiger partial charge in [0.05, 0.1) is 12.1 Å². The lowest BCUT2D eigenvalue weighted by molar-refractivity contribution is 0.0594. The van der Waals surface area contributed by atoms with E-state index in [0.717, 1.165) is 17.4 Å². The zero-order valence-electron chi connectivity index (χ0n) is 14.2. The molecule has 6 heteroatoms. The number of hydrogen-bond acceptors (Lipinski definition) is 3. The lowest BCUT2D eigenvalue weighted by atomic mass is 10.1. The van der Waals surface area contributed by atoms with Crippen molar-refractivity contribution in [2.24, 2.45) is 0 Å². The highest BCUT2D eigenvalue weighted by molar-refractivity contribution is 6.30. The molecule has 25 heavy (non-hydrogen) atoms. The van der Waals surface area contributed by atoms with Crippen LogP contribution in [0.15, 0.2) is 36.5 Å². The van der Waals surface area contributed by atoms with Crippen molar-refractivity contribution >= 4 is 28.6 Å². The zero-order valence-corrected chi connectivity index (χ0v) is 15.0. The van der Waals surface area contributed by atoms with Gasteiger partial charge in [-0.2, -0.15) is 0 Å². The van der Waals surface area contributed by atoms with Crippen LogP contribution in [0.25, 0.3) is 22.2 Å². The van der Waals surface area contributed by atoms with Crippen molar-refractivity contribution in [2.45, 2.75) is 26.3 Å². The Morgan fingerprint density at radius 3 is 2.76 bits per heavy atom. The summed E-state index contributed by atoms with van der Waals surface area (Å²) in [5, 5.41) is 0.926. The molecule has 2 heterocycles. The first-order valence-corrected chi connectivity index (χ1v) is 8.39. The van der Waals surface area contributed by atoms with Crippen LogP contribution in [0.4, 0.5) is 4.39 Å². The third-order valence-electron chi connectivity index (χ3n) is 4.37. The van der Waals surface area contributed by atoms with Crippen molar-refractivity contribution < 1.29 is 13.9 Å². The number of hydrogen-bond donors (Lipinski definition) is 0. The van der Waals surface area contributed by atoms with E-state index in [2.05, 4.69) is 18.8 Å². The van der Waals surface area contributed by atoms with Gasteiger partial charge in [0.1, 0.15) is 11.5 Å². The Labute approximate surface area is 150 Å². The van der Waals surface area contributed by atoms with Gasteiger partial charge >= 0.3 is 5.97 Å². The van der Waals surface area contributed by atoms with Gasteiger partial charge < -0.3 is 9.30 Å². The molecular weight excluding hydrogens is 343 g/mol. The van der Waals surface area contributed by atoms with E-state index in [9.17, 15) is 9.18 Å². The van der Waals surface area contributed by atoms with E-state index in [4.69, 9.17) is 16.3 Å². The molecule has 0 aliphatic carbocycles. The molecule has 3 rings (SSSR count). The second kappa shape index (κ2) is 6.84. The third kappa shape index (κ3) is 3.12. The van der Waals surface area contributed by atoms with Crippen molar-refractivity contribution in [1.29, 1.82) is 0 Å². The first-order chi connectivity index (χ1) is 12.0. The van der Waals surface area contributed by atoms with E-state index in [1.54, 1.807) is 12.1 Å². The number of nitrogens with zero attached hydrogens (tertiary/aromatic N) is 2. The van der Waals surface area contributed by atoms with E-state index < -0.39 is 11.8 Å². The van der Waals surface area contributed by atoms with Gasteiger partial charge in [-0.05, 0) is 43.2 Å². The summed E-state index contributed by atoms with van der Waals surface area (Å²) in [4.78, 5) is 16.3. The largest absolute Gasteiger partial charge is 0.464 e. The van der Waals surface area contributed by atoms with Crippen molar-refractivity contribution in [1.82, 2.24) is 9.55 Å². The SMILES string of the molecule is CC[C@@H](C)n1cc(-c2ccc(Cl)c(F)c2)c2ccc(C(=O)OC)nc21. The number of carbonyl (C=O) groups excluding carboxylic acids is 1. The molecule has 0 unspecified atom stereocenters. The van der Waals surface area contributed by atoms with Crippen LogP contribution in [0.2, 0.25) is 5.02 Å². The number of aromatic nitrogens is 2. The summed E-state index contributed by atoms with van der Waals surface area (Å²) in [6, 6.07) is 8.32. The Morgan fingerprint density at radius 1 is 1.36 bits per heavy atom. The number of fused-ring (bicyclic) bond motifs is 1. The first-order valence-electron chi connectivity index (χ1n) is 8.01. The fourth-order valence-electron chi connectivity index (χ4n) is 2.77. The van der Waals surface area contributed by atoms with Gasteiger partial charge in [0.25, 0.3) is 0 Å². The molecule has 4 nitrogen and oxygen atoms in total. The predicted octanol–water partition coefficient (Wildman–Crippen LogP) is 5.25. The van der Waals surface area contributed by atoms with Gasteiger partial charge in [-0.15, -0.1) is 0 Å². The fourth-order valence-corrected chi connectivity index (χ4v) is 2.89. The smallest absolute Gasteiger partial charge is 0.356 e. The molecule has 0 amide bonds. The van der Waals surface area contributed by atoms with Crippen LogP contribution < -0.4 is 0 Å². The topological polar surface area (TPSA) is 44.1 Å². The van der Waals surface area contributed by atoms with E-state index in [1.807, 2.05) is 16.8 Å². The van der Waals surface area contributed by atoms with Crippen LogP contribution in [-0.2, 0) is 4.74 Å². The van der Waals surface area contributed by atoms with E-state index in [0.29, 0.717) is 11.2 Å². The van der Waals surface area contributed by atoms with Gasteiger partial charge in [-0.1, -0.05) is 24.6 Å². The highest BCUT2D eigenvalue weighted by Gasteiger charge is 2.18. The van der Waals surface area contributed by atoms with Crippen LogP contribution in [0.3, 0.4) is 0 Å². The summed E-state index contributed by atoms with van der Waals surface area (Å²) < 4.78 is 20.7. The number of ether oxygens (including phenoxy) is 1. The van der Waals surface area contributed by atoms with Crippen LogP contribution in [-0.4, -0.2) is 22.6 Å². The highest BCUT2D eigenvalue weighted by Crippen LogP contribution is 2.34. The minimum Gasteiger partial charge on any atom is -0.464 e. The first kappa shape index (κ1) is 17.4.